The number of carbonyl (C=O) groups is 2. The van der Waals surface area contributed by atoms with Crippen LogP contribution in [0.3, 0.4) is 0 Å². The second-order valence-electron chi connectivity index (χ2n) is 7.34. The molecule has 2 aromatic rings. The van der Waals surface area contributed by atoms with Gasteiger partial charge in [-0.15, -0.1) is 0 Å². The molecule has 0 aliphatic carbocycles. The normalized spacial score (nSPS) is 11.4. The van der Waals surface area contributed by atoms with E-state index in [1.54, 1.807) is 43.3 Å². The second kappa shape index (κ2) is 9.73. The molecule has 162 valence electrons. The molecule has 0 heterocycles. The maximum absolute atomic E-state index is 12.4. The minimum atomic E-state index is -3.62. The lowest BCUT2D eigenvalue weighted by molar-refractivity contribution is -0.114. The summed E-state index contributed by atoms with van der Waals surface area (Å²) in [6.45, 7) is 5.35. The number of anilines is 2. The molecular weight excluding hydrogens is 404 g/mol. The average molecular weight is 433 g/mol. The SMILES string of the molecule is Cc1ccc(NC(=O)CNc2ccccc2C(=O)NC(C)C)cc1S(=O)(=O)N(C)C. The molecular formula is C21H28N4O4S. The van der Waals surface area contributed by atoms with Gasteiger partial charge in [0.05, 0.1) is 17.0 Å². The summed E-state index contributed by atoms with van der Waals surface area (Å²) in [7, 11) is -0.714. The first kappa shape index (κ1) is 23.4. The van der Waals surface area contributed by atoms with Gasteiger partial charge in [0.25, 0.3) is 5.91 Å². The van der Waals surface area contributed by atoms with Crippen molar-refractivity contribution < 1.29 is 18.0 Å². The summed E-state index contributed by atoms with van der Waals surface area (Å²) in [4.78, 5) is 24.8. The third kappa shape index (κ3) is 5.80. The van der Waals surface area contributed by atoms with E-state index in [-0.39, 0.29) is 29.3 Å². The van der Waals surface area contributed by atoms with Crippen LogP contribution in [0.2, 0.25) is 0 Å². The van der Waals surface area contributed by atoms with Crippen LogP contribution in [-0.4, -0.2) is 51.2 Å². The van der Waals surface area contributed by atoms with Crippen LogP contribution in [0.1, 0.15) is 29.8 Å². The number of amides is 2. The fraction of sp³-hybridized carbons (Fsp3) is 0.333. The Bertz CT molecular complexity index is 1030. The molecule has 0 saturated carbocycles. The zero-order valence-electron chi connectivity index (χ0n) is 17.8. The topological polar surface area (TPSA) is 108 Å². The Balaban J connectivity index is 2.11. The van der Waals surface area contributed by atoms with Crippen molar-refractivity contribution in [1.29, 1.82) is 0 Å². The fourth-order valence-electron chi connectivity index (χ4n) is 2.71. The van der Waals surface area contributed by atoms with E-state index < -0.39 is 10.0 Å². The maximum Gasteiger partial charge on any atom is 0.253 e. The number of sulfonamides is 1. The first-order chi connectivity index (χ1) is 14.0. The summed E-state index contributed by atoms with van der Waals surface area (Å²) in [5.74, 6) is -0.600. The van der Waals surface area contributed by atoms with Crippen molar-refractivity contribution in [2.75, 3.05) is 31.3 Å². The van der Waals surface area contributed by atoms with Gasteiger partial charge >= 0.3 is 0 Å². The minimum Gasteiger partial charge on any atom is -0.376 e. The largest absolute Gasteiger partial charge is 0.376 e. The van der Waals surface area contributed by atoms with Crippen LogP contribution in [0.15, 0.2) is 47.4 Å². The number of aryl methyl sites for hydroxylation is 1. The van der Waals surface area contributed by atoms with Gasteiger partial charge in [-0.05, 0) is 50.6 Å². The number of rotatable bonds is 8. The molecule has 3 N–H and O–H groups in total. The van der Waals surface area contributed by atoms with E-state index in [0.717, 1.165) is 4.31 Å². The first-order valence-electron chi connectivity index (χ1n) is 9.49. The molecule has 0 aliphatic heterocycles. The van der Waals surface area contributed by atoms with Crippen LogP contribution >= 0.6 is 0 Å². The summed E-state index contributed by atoms with van der Waals surface area (Å²) in [6, 6.07) is 11.6. The lowest BCUT2D eigenvalue weighted by Crippen LogP contribution is -2.31. The summed E-state index contributed by atoms with van der Waals surface area (Å²) in [5.41, 5.74) is 1.93. The molecule has 30 heavy (non-hydrogen) atoms. The fourth-order valence-corrected chi connectivity index (χ4v) is 3.85. The molecule has 2 rings (SSSR count). The van der Waals surface area contributed by atoms with Crippen LogP contribution < -0.4 is 16.0 Å². The van der Waals surface area contributed by atoms with E-state index in [4.69, 9.17) is 0 Å². The third-order valence-corrected chi connectivity index (χ3v) is 6.22. The number of nitrogens with one attached hydrogen (secondary N) is 3. The van der Waals surface area contributed by atoms with Crippen LogP contribution in [0.25, 0.3) is 0 Å². The number of para-hydroxylation sites is 1. The lowest BCUT2D eigenvalue weighted by atomic mass is 10.1. The molecule has 0 aromatic heterocycles. The van der Waals surface area contributed by atoms with Gasteiger partial charge in [-0.3, -0.25) is 9.59 Å². The third-order valence-electron chi connectivity index (χ3n) is 4.26. The molecule has 0 unspecified atom stereocenters. The summed E-state index contributed by atoms with van der Waals surface area (Å²) in [6.07, 6.45) is 0. The number of nitrogens with zero attached hydrogens (tertiary/aromatic N) is 1. The monoisotopic (exact) mass is 432 g/mol. The number of hydrogen-bond acceptors (Lipinski definition) is 5. The van der Waals surface area contributed by atoms with E-state index >= 15 is 0 Å². The molecule has 0 bridgehead atoms. The Morgan fingerprint density at radius 1 is 1.07 bits per heavy atom. The summed E-state index contributed by atoms with van der Waals surface area (Å²) >= 11 is 0. The van der Waals surface area contributed by atoms with Crippen molar-refractivity contribution in [2.45, 2.75) is 31.7 Å². The quantitative estimate of drug-likeness (QED) is 0.594. The van der Waals surface area contributed by atoms with Crippen molar-refractivity contribution in [3.8, 4) is 0 Å². The highest BCUT2D eigenvalue weighted by molar-refractivity contribution is 7.89. The number of carbonyl (C=O) groups excluding carboxylic acids is 2. The molecule has 9 heteroatoms. The van der Waals surface area contributed by atoms with Crippen molar-refractivity contribution >= 4 is 33.2 Å². The van der Waals surface area contributed by atoms with Gasteiger partial charge in [0.2, 0.25) is 15.9 Å². The van der Waals surface area contributed by atoms with E-state index in [0.29, 0.717) is 22.5 Å². The van der Waals surface area contributed by atoms with E-state index in [1.165, 1.54) is 20.2 Å². The Hall–Kier alpha value is -2.91. The second-order valence-corrected chi connectivity index (χ2v) is 9.46. The smallest absolute Gasteiger partial charge is 0.253 e. The van der Waals surface area contributed by atoms with Gasteiger partial charge in [-0.2, -0.15) is 0 Å². The predicted molar refractivity (Wildman–Crippen MR) is 118 cm³/mol. The molecule has 0 fully saturated rings. The molecule has 2 amide bonds. The minimum absolute atomic E-state index is 0.0111. The standard InChI is InChI=1S/C21H28N4O4S/c1-14(2)23-21(27)17-8-6-7-9-18(17)22-13-20(26)24-16-11-10-15(3)19(12-16)30(28,29)25(4)5/h6-12,14,22H,13H2,1-5H3,(H,23,27)(H,24,26). The Labute approximate surface area is 177 Å². The van der Waals surface area contributed by atoms with Crippen LogP contribution in [0, 0.1) is 6.92 Å². The Morgan fingerprint density at radius 2 is 1.73 bits per heavy atom. The van der Waals surface area contributed by atoms with Crippen LogP contribution in [-0.2, 0) is 14.8 Å². The summed E-state index contributed by atoms with van der Waals surface area (Å²) < 4.78 is 26.0. The molecule has 0 aliphatic rings. The van der Waals surface area contributed by atoms with Crippen molar-refractivity contribution in [3.05, 3.63) is 53.6 Å². The van der Waals surface area contributed by atoms with Crippen LogP contribution in [0.5, 0.6) is 0 Å². The van der Waals surface area contributed by atoms with Gasteiger partial charge in [0, 0.05) is 31.5 Å². The predicted octanol–water partition coefficient (Wildman–Crippen LogP) is 2.43. The highest BCUT2D eigenvalue weighted by Crippen LogP contribution is 2.22. The van der Waals surface area contributed by atoms with Gasteiger partial charge in [-0.1, -0.05) is 18.2 Å². The van der Waals surface area contributed by atoms with Crippen molar-refractivity contribution in [1.82, 2.24) is 9.62 Å². The van der Waals surface area contributed by atoms with Gasteiger partial charge < -0.3 is 16.0 Å². The Kier molecular flexibility index (Phi) is 7.58. The molecule has 8 nitrogen and oxygen atoms in total. The van der Waals surface area contributed by atoms with Gasteiger partial charge in [0.1, 0.15) is 0 Å². The molecule has 0 saturated heterocycles. The van der Waals surface area contributed by atoms with Crippen LogP contribution in [0.4, 0.5) is 11.4 Å². The summed E-state index contributed by atoms with van der Waals surface area (Å²) in [5, 5.41) is 8.47. The van der Waals surface area contributed by atoms with Gasteiger partial charge in [-0.25, -0.2) is 12.7 Å². The van der Waals surface area contributed by atoms with E-state index in [9.17, 15) is 18.0 Å². The van der Waals surface area contributed by atoms with E-state index in [1.807, 2.05) is 13.8 Å². The molecule has 0 atom stereocenters. The zero-order chi connectivity index (χ0) is 22.5. The lowest BCUT2D eigenvalue weighted by Gasteiger charge is -2.16. The highest BCUT2D eigenvalue weighted by atomic mass is 32.2. The maximum atomic E-state index is 12.4. The van der Waals surface area contributed by atoms with Gasteiger partial charge in [0.15, 0.2) is 0 Å². The van der Waals surface area contributed by atoms with E-state index in [2.05, 4.69) is 16.0 Å². The molecule has 2 aromatic carbocycles. The van der Waals surface area contributed by atoms with Crippen molar-refractivity contribution in [2.24, 2.45) is 0 Å². The number of benzene rings is 2. The number of hydrogen-bond donors (Lipinski definition) is 3. The highest BCUT2D eigenvalue weighted by Gasteiger charge is 2.20. The van der Waals surface area contributed by atoms with Crippen molar-refractivity contribution in [3.63, 3.8) is 0 Å². The average Bonchev–Trinajstić information content (AvgIpc) is 2.67. The Morgan fingerprint density at radius 3 is 2.37 bits per heavy atom. The zero-order valence-corrected chi connectivity index (χ0v) is 18.6. The molecule has 0 radical (unpaired) electrons. The molecule has 0 spiro atoms. The first-order valence-corrected chi connectivity index (χ1v) is 10.9.